The summed E-state index contributed by atoms with van der Waals surface area (Å²) in [5, 5.41) is 2.66. The van der Waals surface area contributed by atoms with Gasteiger partial charge in [-0.15, -0.1) is 0 Å². The number of carbonyl (C=O) groups is 3. The molecule has 0 saturated heterocycles. The molecule has 8 heteroatoms. The fourth-order valence-electron chi connectivity index (χ4n) is 2.17. The summed E-state index contributed by atoms with van der Waals surface area (Å²) >= 11 is 0. The molecule has 0 spiro atoms. The molecule has 1 atom stereocenters. The maximum atomic E-state index is 11.7. The first-order valence-electron chi connectivity index (χ1n) is 7.94. The van der Waals surface area contributed by atoms with Gasteiger partial charge in [-0.1, -0.05) is 0 Å². The molecule has 1 rings (SSSR count). The number of hydrogen-bond donors (Lipinski definition) is 1. The summed E-state index contributed by atoms with van der Waals surface area (Å²) in [6.45, 7) is 2.54. The molecule has 8 nitrogen and oxygen atoms in total. The van der Waals surface area contributed by atoms with Crippen molar-refractivity contribution in [2.45, 2.75) is 12.8 Å². The van der Waals surface area contributed by atoms with E-state index in [1.807, 2.05) is 0 Å². The lowest BCUT2D eigenvalue weighted by molar-refractivity contribution is -0.141. The number of hydrogen-bond acceptors (Lipinski definition) is 6. The van der Waals surface area contributed by atoms with Crippen LogP contribution >= 0.6 is 0 Å². The molecule has 0 aromatic rings. The fraction of sp³-hybridized carbons (Fsp3) is 0.688. The third-order valence-corrected chi connectivity index (χ3v) is 3.48. The zero-order valence-corrected chi connectivity index (χ0v) is 14.3. The van der Waals surface area contributed by atoms with E-state index < -0.39 is 11.8 Å². The Kier molecular flexibility index (Phi) is 9.90. The molecule has 0 fully saturated rings. The second-order valence-electron chi connectivity index (χ2n) is 5.48. The average molecular weight is 342 g/mol. The van der Waals surface area contributed by atoms with Gasteiger partial charge in [-0.3, -0.25) is 19.3 Å². The first-order valence-corrected chi connectivity index (χ1v) is 7.94. The van der Waals surface area contributed by atoms with Crippen LogP contribution in [0.5, 0.6) is 0 Å². The summed E-state index contributed by atoms with van der Waals surface area (Å²) in [5.41, 5.74) is 0. The molecule has 1 aliphatic rings. The Morgan fingerprint density at radius 3 is 2.46 bits per heavy atom. The van der Waals surface area contributed by atoms with Crippen molar-refractivity contribution in [2.75, 3.05) is 53.7 Å². The lowest BCUT2D eigenvalue weighted by Gasteiger charge is -2.16. The molecule has 1 aliphatic heterocycles. The van der Waals surface area contributed by atoms with E-state index in [4.69, 9.17) is 14.2 Å². The van der Waals surface area contributed by atoms with Crippen molar-refractivity contribution in [1.82, 2.24) is 10.2 Å². The Hall–Kier alpha value is -1.77. The van der Waals surface area contributed by atoms with Gasteiger partial charge in [0.2, 0.25) is 5.91 Å². The van der Waals surface area contributed by atoms with Gasteiger partial charge in [-0.25, -0.2) is 0 Å². The van der Waals surface area contributed by atoms with Crippen molar-refractivity contribution in [1.29, 1.82) is 0 Å². The van der Waals surface area contributed by atoms with Crippen molar-refractivity contribution in [3.63, 3.8) is 0 Å². The molecule has 0 aromatic carbocycles. The van der Waals surface area contributed by atoms with Crippen LogP contribution in [0.15, 0.2) is 12.2 Å². The second kappa shape index (κ2) is 11.7. The highest BCUT2D eigenvalue weighted by molar-refractivity contribution is 6.14. The van der Waals surface area contributed by atoms with Gasteiger partial charge < -0.3 is 19.5 Å². The maximum absolute atomic E-state index is 11.7. The minimum absolute atomic E-state index is 0.252. The average Bonchev–Trinajstić information content (AvgIpc) is 2.87. The summed E-state index contributed by atoms with van der Waals surface area (Å²) < 4.78 is 15.8. The van der Waals surface area contributed by atoms with Gasteiger partial charge in [0.05, 0.1) is 13.2 Å². The van der Waals surface area contributed by atoms with Crippen molar-refractivity contribution in [2.24, 2.45) is 5.92 Å². The fourth-order valence-corrected chi connectivity index (χ4v) is 2.17. The highest BCUT2D eigenvalue weighted by Crippen LogP contribution is 2.05. The molecule has 24 heavy (non-hydrogen) atoms. The van der Waals surface area contributed by atoms with Crippen LogP contribution in [-0.4, -0.2) is 76.4 Å². The third kappa shape index (κ3) is 7.67. The summed E-state index contributed by atoms with van der Waals surface area (Å²) in [4.78, 5) is 35.2. The zero-order valence-electron chi connectivity index (χ0n) is 14.3. The Balaban J connectivity index is 2.07. The van der Waals surface area contributed by atoms with Crippen molar-refractivity contribution >= 4 is 17.7 Å². The second-order valence-corrected chi connectivity index (χ2v) is 5.48. The molecule has 1 heterocycles. The summed E-state index contributed by atoms with van der Waals surface area (Å²) in [5.74, 6) is -1.00. The predicted octanol–water partition coefficient (Wildman–Crippen LogP) is -0.267. The first kappa shape index (κ1) is 20.3. The van der Waals surface area contributed by atoms with E-state index in [2.05, 4.69) is 5.32 Å². The van der Waals surface area contributed by atoms with Crippen LogP contribution in [0.3, 0.4) is 0 Å². The summed E-state index contributed by atoms with van der Waals surface area (Å²) in [6.07, 6.45) is 3.83. The summed E-state index contributed by atoms with van der Waals surface area (Å²) in [6, 6.07) is 0. The normalized spacial score (nSPS) is 15.2. The number of amides is 3. The van der Waals surface area contributed by atoms with Gasteiger partial charge in [-0.2, -0.15) is 0 Å². The monoisotopic (exact) mass is 342 g/mol. The quantitative estimate of drug-likeness (QED) is 0.366. The van der Waals surface area contributed by atoms with E-state index >= 15 is 0 Å². The minimum atomic E-state index is -0.460. The molecular formula is C16H26N2O6. The van der Waals surface area contributed by atoms with Crippen LogP contribution < -0.4 is 5.32 Å². The van der Waals surface area contributed by atoms with Gasteiger partial charge in [0.1, 0.15) is 6.54 Å². The number of rotatable bonds is 13. The van der Waals surface area contributed by atoms with E-state index in [1.165, 1.54) is 0 Å². The topological polar surface area (TPSA) is 94.2 Å². The van der Waals surface area contributed by atoms with Crippen molar-refractivity contribution in [3.8, 4) is 0 Å². The van der Waals surface area contributed by atoms with Crippen molar-refractivity contribution < 1.29 is 28.6 Å². The predicted molar refractivity (Wildman–Crippen MR) is 86.2 cm³/mol. The zero-order chi connectivity index (χ0) is 17.8. The highest BCUT2D eigenvalue weighted by atomic mass is 16.5. The van der Waals surface area contributed by atoms with Crippen molar-refractivity contribution in [3.05, 3.63) is 12.2 Å². The van der Waals surface area contributed by atoms with Gasteiger partial charge in [0, 0.05) is 52.0 Å². The van der Waals surface area contributed by atoms with E-state index in [0.29, 0.717) is 39.4 Å². The smallest absolute Gasteiger partial charge is 0.254 e. The molecule has 0 aliphatic carbocycles. The Morgan fingerprint density at radius 1 is 1.12 bits per heavy atom. The number of imide groups is 1. The summed E-state index contributed by atoms with van der Waals surface area (Å²) in [7, 11) is 3.31. The van der Waals surface area contributed by atoms with Gasteiger partial charge in [0.15, 0.2) is 0 Å². The van der Waals surface area contributed by atoms with E-state index in [1.54, 1.807) is 14.2 Å². The van der Waals surface area contributed by atoms with Crippen LogP contribution in [-0.2, 0) is 28.6 Å². The van der Waals surface area contributed by atoms with Crippen LogP contribution in [0.4, 0.5) is 0 Å². The third-order valence-electron chi connectivity index (χ3n) is 3.48. The van der Waals surface area contributed by atoms with Gasteiger partial charge in [-0.05, 0) is 12.8 Å². The Labute approximate surface area is 142 Å². The molecule has 1 unspecified atom stereocenters. The van der Waals surface area contributed by atoms with Crippen LogP contribution in [0.25, 0.3) is 0 Å². The molecule has 136 valence electrons. The van der Waals surface area contributed by atoms with E-state index in [0.717, 1.165) is 23.5 Å². The number of ether oxygens (including phenoxy) is 3. The number of nitrogens with zero attached hydrogens (tertiary/aromatic N) is 1. The molecule has 1 N–H and O–H groups in total. The molecule has 0 aromatic heterocycles. The van der Waals surface area contributed by atoms with E-state index in [-0.39, 0.29) is 18.4 Å². The van der Waals surface area contributed by atoms with Gasteiger partial charge in [0.25, 0.3) is 11.8 Å². The number of methoxy groups -OCH3 is 2. The molecular weight excluding hydrogens is 316 g/mol. The number of carbonyl (C=O) groups excluding carboxylic acids is 3. The Morgan fingerprint density at radius 2 is 1.83 bits per heavy atom. The van der Waals surface area contributed by atoms with Crippen LogP contribution in [0.2, 0.25) is 0 Å². The first-order chi connectivity index (χ1) is 11.6. The lowest BCUT2D eigenvalue weighted by Crippen LogP contribution is -2.40. The van der Waals surface area contributed by atoms with E-state index in [9.17, 15) is 14.4 Å². The minimum Gasteiger partial charge on any atom is -0.385 e. The molecule has 0 radical (unpaired) electrons. The maximum Gasteiger partial charge on any atom is 0.254 e. The molecule has 0 bridgehead atoms. The molecule has 0 saturated carbocycles. The van der Waals surface area contributed by atoms with Crippen LogP contribution in [0.1, 0.15) is 12.8 Å². The van der Waals surface area contributed by atoms with Crippen LogP contribution in [0, 0.1) is 5.92 Å². The van der Waals surface area contributed by atoms with Gasteiger partial charge >= 0.3 is 0 Å². The Bertz CT molecular complexity index is 434. The molecule has 3 amide bonds. The largest absolute Gasteiger partial charge is 0.385 e. The number of nitrogens with one attached hydrogen (secondary N) is 1. The standard InChI is InChI=1S/C16H26N2O6/c1-22-9-6-13(11-23-2)12-24-8-3-7-17-14(19)10-18-15(20)4-5-16(18)21/h4-5,13H,3,6-12H2,1-2H3,(H,17,19). The lowest BCUT2D eigenvalue weighted by atomic mass is 10.1. The highest BCUT2D eigenvalue weighted by Gasteiger charge is 2.25. The SMILES string of the molecule is COCCC(COC)COCCCNC(=O)CN1C(=O)C=CC1=O.